The summed E-state index contributed by atoms with van der Waals surface area (Å²) in [7, 11) is 0. The Bertz CT molecular complexity index is 901. The van der Waals surface area contributed by atoms with Crippen LogP contribution in [0.3, 0.4) is 0 Å². The number of rotatable bonds is 7. The standard InChI is InChI=1S/C19H20N4O5/c1-11-10-15(22-28-11)21-17(25)12(2)20-16(24)8-5-9-23-18(26)13-6-3-4-7-14(13)19(23)27/h3-4,6-7,10,12H,5,8-9H2,1-2H3,(H,20,24)(H,21,22,25)/t12-/m0/s1. The second kappa shape index (κ2) is 8.03. The highest BCUT2D eigenvalue weighted by Gasteiger charge is 2.34. The van der Waals surface area contributed by atoms with Crippen molar-refractivity contribution in [2.75, 3.05) is 11.9 Å². The van der Waals surface area contributed by atoms with Gasteiger partial charge in [0.25, 0.3) is 11.8 Å². The average molecular weight is 384 g/mol. The monoisotopic (exact) mass is 384 g/mol. The van der Waals surface area contributed by atoms with Crippen LogP contribution in [0.1, 0.15) is 46.2 Å². The predicted molar refractivity (Wildman–Crippen MR) is 98.5 cm³/mol. The summed E-state index contributed by atoms with van der Waals surface area (Å²) < 4.78 is 4.86. The number of imide groups is 1. The van der Waals surface area contributed by atoms with E-state index in [0.29, 0.717) is 23.3 Å². The number of nitrogens with one attached hydrogen (secondary N) is 2. The zero-order valence-corrected chi connectivity index (χ0v) is 15.5. The van der Waals surface area contributed by atoms with Crippen LogP contribution in [0.15, 0.2) is 34.9 Å². The Hall–Kier alpha value is -3.49. The number of aryl methyl sites for hydroxylation is 1. The van der Waals surface area contributed by atoms with E-state index in [2.05, 4.69) is 15.8 Å². The first kappa shape index (κ1) is 19.3. The molecule has 1 aliphatic rings. The first-order valence-corrected chi connectivity index (χ1v) is 8.85. The highest BCUT2D eigenvalue weighted by atomic mass is 16.5. The van der Waals surface area contributed by atoms with Gasteiger partial charge in [-0.3, -0.25) is 24.1 Å². The number of carbonyl (C=O) groups excluding carboxylic acids is 4. The molecule has 2 aromatic rings. The van der Waals surface area contributed by atoms with Crippen LogP contribution in [-0.2, 0) is 9.59 Å². The third-order valence-electron chi connectivity index (χ3n) is 4.31. The molecule has 9 nitrogen and oxygen atoms in total. The van der Waals surface area contributed by atoms with Crippen LogP contribution in [0, 0.1) is 6.92 Å². The second-order valence-electron chi connectivity index (χ2n) is 6.51. The smallest absolute Gasteiger partial charge is 0.261 e. The number of hydrogen-bond acceptors (Lipinski definition) is 6. The molecule has 0 saturated heterocycles. The van der Waals surface area contributed by atoms with Crippen LogP contribution in [-0.4, -0.2) is 46.3 Å². The number of fused-ring (bicyclic) bond motifs is 1. The number of nitrogens with zero attached hydrogens (tertiary/aromatic N) is 2. The lowest BCUT2D eigenvalue weighted by Gasteiger charge is -2.15. The van der Waals surface area contributed by atoms with Gasteiger partial charge >= 0.3 is 0 Å². The summed E-state index contributed by atoms with van der Waals surface area (Å²) in [4.78, 5) is 49.8. The molecule has 4 amide bonds. The molecule has 1 aromatic heterocycles. The van der Waals surface area contributed by atoms with Gasteiger partial charge in [0, 0.05) is 19.0 Å². The minimum absolute atomic E-state index is 0.0775. The molecule has 0 bridgehead atoms. The van der Waals surface area contributed by atoms with Crippen molar-refractivity contribution in [1.82, 2.24) is 15.4 Å². The van der Waals surface area contributed by atoms with Crippen molar-refractivity contribution in [2.45, 2.75) is 32.7 Å². The molecule has 1 atom stereocenters. The molecule has 0 radical (unpaired) electrons. The molecule has 2 heterocycles. The van der Waals surface area contributed by atoms with Gasteiger partial charge in [-0.2, -0.15) is 0 Å². The number of carbonyl (C=O) groups is 4. The molecule has 1 aliphatic heterocycles. The molecule has 0 aliphatic carbocycles. The number of benzene rings is 1. The van der Waals surface area contributed by atoms with E-state index in [9.17, 15) is 19.2 Å². The summed E-state index contributed by atoms with van der Waals surface area (Å²) in [6, 6.07) is 7.41. The Balaban J connectivity index is 1.44. The summed E-state index contributed by atoms with van der Waals surface area (Å²) in [5, 5.41) is 8.76. The molecule has 2 N–H and O–H groups in total. The Morgan fingerprint density at radius 1 is 1.18 bits per heavy atom. The maximum atomic E-state index is 12.3. The highest BCUT2D eigenvalue weighted by molar-refractivity contribution is 6.21. The first-order chi connectivity index (χ1) is 13.4. The zero-order chi connectivity index (χ0) is 20.3. The highest BCUT2D eigenvalue weighted by Crippen LogP contribution is 2.22. The SMILES string of the molecule is Cc1cc(NC(=O)[C@H](C)NC(=O)CCCN2C(=O)c3ccccc3C2=O)no1. The van der Waals surface area contributed by atoms with E-state index in [4.69, 9.17) is 4.52 Å². The van der Waals surface area contributed by atoms with E-state index in [1.807, 2.05) is 0 Å². The van der Waals surface area contributed by atoms with Gasteiger partial charge in [-0.1, -0.05) is 17.3 Å². The second-order valence-corrected chi connectivity index (χ2v) is 6.51. The molecule has 0 saturated carbocycles. The molecule has 3 rings (SSSR count). The Morgan fingerprint density at radius 2 is 1.82 bits per heavy atom. The molecule has 9 heteroatoms. The summed E-state index contributed by atoms with van der Waals surface area (Å²) in [6.45, 7) is 3.38. The molecular weight excluding hydrogens is 364 g/mol. The first-order valence-electron chi connectivity index (χ1n) is 8.85. The number of anilines is 1. The summed E-state index contributed by atoms with van der Waals surface area (Å²) >= 11 is 0. The summed E-state index contributed by atoms with van der Waals surface area (Å²) in [6.07, 6.45) is 0.377. The maximum Gasteiger partial charge on any atom is 0.261 e. The van der Waals surface area contributed by atoms with Crippen LogP contribution in [0.25, 0.3) is 0 Å². The van der Waals surface area contributed by atoms with Crippen molar-refractivity contribution in [3.63, 3.8) is 0 Å². The molecular formula is C19H20N4O5. The van der Waals surface area contributed by atoms with Crippen LogP contribution < -0.4 is 10.6 Å². The Morgan fingerprint density at radius 3 is 2.39 bits per heavy atom. The summed E-state index contributed by atoms with van der Waals surface area (Å²) in [5.41, 5.74) is 0.760. The normalized spacial score (nSPS) is 14.0. The van der Waals surface area contributed by atoms with Crippen molar-refractivity contribution >= 4 is 29.4 Å². The van der Waals surface area contributed by atoms with Gasteiger partial charge in [0.05, 0.1) is 11.1 Å². The average Bonchev–Trinajstić information content (AvgIpc) is 3.18. The van der Waals surface area contributed by atoms with E-state index in [1.54, 1.807) is 44.2 Å². The van der Waals surface area contributed by atoms with Gasteiger partial charge in [-0.05, 0) is 32.4 Å². The van der Waals surface area contributed by atoms with Crippen LogP contribution >= 0.6 is 0 Å². The zero-order valence-electron chi connectivity index (χ0n) is 15.5. The molecule has 0 unspecified atom stereocenters. The quantitative estimate of drug-likeness (QED) is 0.698. The van der Waals surface area contributed by atoms with Gasteiger partial charge in [0.1, 0.15) is 11.8 Å². The van der Waals surface area contributed by atoms with Crippen LogP contribution in [0.2, 0.25) is 0 Å². The molecule has 0 spiro atoms. The van der Waals surface area contributed by atoms with Crippen molar-refractivity contribution in [3.05, 3.63) is 47.2 Å². The Labute approximate surface area is 161 Å². The lowest BCUT2D eigenvalue weighted by atomic mass is 10.1. The fraction of sp³-hybridized carbons (Fsp3) is 0.316. The number of aromatic nitrogens is 1. The van der Waals surface area contributed by atoms with Gasteiger partial charge in [0.15, 0.2) is 5.82 Å². The number of amides is 4. The minimum atomic E-state index is -0.774. The maximum absolute atomic E-state index is 12.3. The third kappa shape index (κ3) is 4.08. The van der Waals surface area contributed by atoms with Crippen molar-refractivity contribution in [2.24, 2.45) is 0 Å². The molecule has 1 aromatic carbocycles. The minimum Gasteiger partial charge on any atom is -0.360 e. The predicted octanol–water partition coefficient (Wildman–Crippen LogP) is 1.50. The van der Waals surface area contributed by atoms with Crippen molar-refractivity contribution in [1.29, 1.82) is 0 Å². The van der Waals surface area contributed by atoms with E-state index in [-0.39, 0.29) is 36.5 Å². The van der Waals surface area contributed by atoms with E-state index in [0.717, 1.165) is 4.90 Å². The molecule has 146 valence electrons. The van der Waals surface area contributed by atoms with Gasteiger partial charge < -0.3 is 15.2 Å². The lowest BCUT2D eigenvalue weighted by molar-refractivity contribution is -0.126. The topological polar surface area (TPSA) is 122 Å². The van der Waals surface area contributed by atoms with E-state index < -0.39 is 11.9 Å². The van der Waals surface area contributed by atoms with Crippen molar-refractivity contribution < 1.29 is 23.7 Å². The van der Waals surface area contributed by atoms with Gasteiger partial charge in [0.2, 0.25) is 11.8 Å². The molecule has 28 heavy (non-hydrogen) atoms. The fourth-order valence-corrected chi connectivity index (χ4v) is 2.88. The summed E-state index contributed by atoms with van der Waals surface area (Å²) in [5.74, 6) is -0.653. The number of hydrogen-bond donors (Lipinski definition) is 2. The van der Waals surface area contributed by atoms with Gasteiger partial charge in [-0.15, -0.1) is 0 Å². The van der Waals surface area contributed by atoms with Gasteiger partial charge in [-0.25, -0.2) is 0 Å². The lowest BCUT2D eigenvalue weighted by Crippen LogP contribution is -2.42. The third-order valence-corrected chi connectivity index (χ3v) is 4.31. The van der Waals surface area contributed by atoms with Crippen LogP contribution in [0.4, 0.5) is 5.82 Å². The fourth-order valence-electron chi connectivity index (χ4n) is 2.88. The molecule has 0 fully saturated rings. The van der Waals surface area contributed by atoms with E-state index in [1.165, 1.54) is 0 Å². The van der Waals surface area contributed by atoms with Crippen molar-refractivity contribution in [3.8, 4) is 0 Å². The Kier molecular flexibility index (Phi) is 5.53. The van der Waals surface area contributed by atoms with E-state index >= 15 is 0 Å². The largest absolute Gasteiger partial charge is 0.360 e. The van der Waals surface area contributed by atoms with Crippen LogP contribution in [0.5, 0.6) is 0 Å².